The van der Waals surface area contributed by atoms with Gasteiger partial charge in [-0.3, -0.25) is 0 Å². The minimum atomic E-state index is -4.34. The van der Waals surface area contributed by atoms with Gasteiger partial charge in [-0.2, -0.15) is 13.2 Å². The van der Waals surface area contributed by atoms with E-state index in [9.17, 15) is 13.2 Å². The summed E-state index contributed by atoms with van der Waals surface area (Å²) in [6, 6.07) is 3.63. The van der Waals surface area contributed by atoms with Crippen LogP contribution in [0, 0.1) is 0 Å². The second-order valence-corrected chi connectivity index (χ2v) is 4.29. The maximum Gasteiger partial charge on any atom is 0.416 e. The second-order valence-electron chi connectivity index (χ2n) is 4.29. The topological polar surface area (TPSA) is 35.2 Å². The highest BCUT2D eigenvalue weighted by molar-refractivity contribution is 5.40. The SMILES string of the molecule is COc1cc(C(F)(F)F)ccc1C(C)CCCN. The lowest BCUT2D eigenvalue weighted by Crippen LogP contribution is -2.07. The van der Waals surface area contributed by atoms with E-state index >= 15 is 0 Å². The Balaban J connectivity index is 3.00. The van der Waals surface area contributed by atoms with Crippen molar-refractivity contribution in [2.24, 2.45) is 5.73 Å². The molecule has 1 aromatic carbocycles. The van der Waals surface area contributed by atoms with E-state index in [0.29, 0.717) is 6.54 Å². The highest BCUT2D eigenvalue weighted by Gasteiger charge is 2.31. The van der Waals surface area contributed by atoms with Gasteiger partial charge in [0.15, 0.2) is 0 Å². The average molecular weight is 261 g/mol. The Hall–Kier alpha value is -1.23. The van der Waals surface area contributed by atoms with Crippen LogP contribution in [-0.2, 0) is 6.18 Å². The largest absolute Gasteiger partial charge is 0.496 e. The average Bonchev–Trinajstić information content (AvgIpc) is 2.34. The second kappa shape index (κ2) is 6.09. The quantitative estimate of drug-likeness (QED) is 0.879. The Kier molecular flexibility index (Phi) is 5.02. The van der Waals surface area contributed by atoms with Gasteiger partial charge in [-0.25, -0.2) is 0 Å². The molecule has 0 aromatic heterocycles. The van der Waals surface area contributed by atoms with Gasteiger partial charge < -0.3 is 10.5 Å². The van der Waals surface area contributed by atoms with Gasteiger partial charge in [-0.15, -0.1) is 0 Å². The van der Waals surface area contributed by atoms with Crippen molar-refractivity contribution in [2.45, 2.75) is 31.9 Å². The molecular formula is C13H18F3NO. The predicted octanol–water partition coefficient (Wildman–Crippen LogP) is 3.56. The van der Waals surface area contributed by atoms with Gasteiger partial charge in [-0.05, 0) is 43.0 Å². The van der Waals surface area contributed by atoms with Gasteiger partial charge >= 0.3 is 6.18 Å². The van der Waals surface area contributed by atoms with Crippen molar-refractivity contribution in [3.63, 3.8) is 0 Å². The molecule has 0 aliphatic heterocycles. The molecule has 5 heteroatoms. The van der Waals surface area contributed by atoms with Gasteiger partial charge in [0.2, 0.25) is 0 Å². The predicted molar refractivity (Wildman–Crippen MR) is 64.7 cm³/mol. The summed E-state index contributed by atoms with van der Waals surface area (Å²) in [4.78, 5) is 0. The van der Waals surface area contributed by atoms with E-state index in [-0.39, 0.29) is 11.7 Å². The van der Waals surface area contributed by atoms with Crippen molar-refractivity contribution < 1.29 is 17.9 Å². The number of methoxy groups -OCH3 is 1. The van der Waals surface area contributed by atoms with Crippen LogP contribution < -0.4 is 10.5 Å². The van der Waals surface area contributed by atoms with Crippen molar-refractivity contribution in [2.75, 3.05) is 13.7 Å². The number of alkyl halides is 3. The van der Waals surface area contributed by atoms with Crippen LogP contribution in [0.15, 0.2) is 18.2 Å². The summed E-state index contributed by atoms with van der Waals surface area (Å²) < 4.78 is 42.8. The van der Waals surface area contributed by atoms with E-state index in [1.165, 1.54) is 13.2 Å². The van der Waals surface area contributed by atoms with Crippen LogP contribution in [0.4, 0.5) is 13.2 Å². The van der Waals surface area contributed by atoms with Crippen LogP contribution in [0.25, 0.3) is 0 Å². The zero-order chi connectivity index (χ0) is 13.8. The van der Waals surface area contributed by atoms with Crippen LogP contribution in [0.3, 0.4) is 0 Å². The molecule has 1 aromatic rings. The molecule has 0 saturated heterocycles. The Bertz CT molecular complexity index is 390. The number of ether oxygens (including phenoxy) is 1. The smallest absolute Gasteiger partial charge is 0.416 e. The number of halogens is 3. The molecule has 1 rings (SSSR count). The number of hydrogen-bond acceptors (Lipinski definition) is 2. The van der Waals surface area contributed by atoms with E-state index in [0.717, 1.165) is 30.5 Å². The van der Waals surface area contributed by atoms with E-state index in [1.54, 1.807) is 0 Å². The molecule has 2 N–H and O–H groups in total. The van der Waals surface area contributed by atoms with E-state index in [1.807, 2.05) is 6.92 Å². The van der Waals surface area contributed by atoms with E-state index in [2.05, 4.69) is 0 Å². The Morgan fingerprint density at radius 3 is 2.50 bits per heavy atom. The summed E-state index contributed by atoms with van der Waals surface area (Å²) in [6.07, 6.45) is -2.67. The molecule has 0 amide bonds. The zero-order valence-corrected chi connectivity index (χ0v) is 10.6. The van der Waals surface area contributed by atoms with Gasteiger partial charge in [0.25, 0.3) is 0 Å². The highest BCUT2D eigenvalue weighted by atomic mass is 19.4. The molecule has 1 atom stereocenters. The van der Waals surface area contributed by atoms with Crippen LogP contribution >= 0.6 is 0 Å². The molecule has 1 unspecified atom stereocenters. The number of nitrogens with two attached hydrogens (primary N) is 1. The first-order valence-corrected chi connectivity index (χ1v) is 5.85. The Labute approximate surface area is 105 Å². The highest BCUT2D eigenvalue weighted by Crippen LogP contribution is 2.36. The third-order valence-electron chi connectivity index (χ3n) is 2.93. The summed E-state index contributed by atoms with van der Waals surface area (Å²) in [6.45, 7) is 2.54. The fraction of sp³-hybridized carbons (Fsp3) is 0.538. The fourth-order valence-corrected chi connectivity index (χ4v) is 1.87. The van der Waals surface area contributed by atoms with Crippen LogP contribution in [-0.4, -0.2) is 13.7 Å². The van der Waals surface area contributed by atoms with Crippen molar-refractivity contribution in [3.8, 4) is 5.75 Å². The molecule has 0 spiro atoms. The minimum absolute atomic E-state index is 0.130. The van der Waals surface area contributed by atoms with E-state index in [4.69, 9.17) is 10.5 Å². The maximum atomic E-state index is 12.6. The third-order valence-corrected chi connectivity index (χ3v) is 2.93. The van der Waals surface area contributed by atoms with Crippen LogP contribution in [0.5, 0.6) is 5.75 Å². The molecule has 102 valence electrons. The van der Waals surface area contributed by atoms with Gasteiger partial charge in [0.1, 0.15) is 5.75 Å². The number of benzene rings is 1. The third kappa shape index (κ3) is 3.63. The maximum absolute atomic E-state index is 12.6. The summed E-state index contributed by atoms with van der Waals surface area (Å²) in [7, 11) is 1.38. The van der Waals surface area contributed by atoms with Crippen LogP contribution in [0.2, 0.25) is 0 Å². The minimum Gasteiger partial charge on any atom is -0.496 e. The van der Waals surface area contributed by atoms with Crippen molar-refractivity contribution >= 4 is 0 Å². The monoisotopic (exact) mass is 261 g/mol. The first-order valence-electron chi connectivity index (χ1n) is 5.85. The Morgan fingerprint density at radius 1 is 1.33 bits per heavy atom. The molecule has 2 nitrogen and oxygen atoms in total. The molecule has 0 bridgehead atoms. The first-order chi connectivity index (χ1) is 8.40. The lowest BCUT2D eigenvalue weighted by atomic mass is 9.94. The van der Waals surface area contributed by atoms with Crippen molar-refractivity contribution in [1.82, 2.24) is 0 Å². The molecule has 0 fully saturated rings. The van der Waals surface area contributed by atoms with Gasteiger partial charge in [0.05, 0.1) is 12.7 Å². The fourth-order valence-electron chi connectivity index (χ4n) is 1.87. The van der Waals surface area contributed by atoms with E-state index < -0.39 is 11.7 Å². The first kappa shape index (κ1) is 14.8. The number of hydrogen-bond donors (Lipinski definition) is 1. The molecular weight excluding hydrogens is 243 g/mol. The molecule has 0 radical (unpaired) electrons. The lowest BCUT2D eigenvalue weighted by Gasteiger charge is -2.17. The lowest BCUT2D eigenvalue weighted by molar-refractivity contribution is -0.137. The zero-order valence-electron chi connectivity index (χ0n) is 10.6. The van der Waals surface area contributed by atoms with Gasteiger partial charge in [0, 0.05) is 0 Å². The summed E-state index contributed by atoms with van der Waals surface area (Å²) >= 11 is 0. The normalized spacial score (nSPS) is 13.4. The van der Waals surface area contributed by atoms with Crippen molar-refractivity contribution in [1.29, 1.82) is 0 Å². The molecule has 18 heavy (non-hydrogen) atoms. The summed E-state index contributed by atoms with van der Waals surface area (Å²) in [5.41, 5.74) is 5.53. The van der Waals surface area contributed by atoms with Crippen molar-refractivity contribution in [3.05, 3.63) is 29.3 Å². The molecule has 0 saturated carbocycles. The Morgan fingerprint density at radius 2 is 2.00 bits per heavy atom. The molecule has 0 aliphatic carbocycles. The van der Waals surface area contributed by atoms with Gasteiger partial charge in [-0.1, -0.05) is 13.0 Å². The number of rotatable bonds is 5. The summed E-state index contributed by atoms with van der Waals surface area (Å²) in [5, 5.41) is 0. The van der Waals surface area contributed by atoms with Crippen LogP contribution in [0.1, 0.15) is 36.8 Å². The molecule has 0 aliphatic rings. The summed E-state index contributed by atoms with van der Waals surface area (Å²) in [5.74, 6) is 0.417. The standard InChI is InChI=1S/C13H18F3NO/c1-9(4-3-7-17)11-6-5-10(13(14,15)16)8-12(11)18-2/h5-6,8-9H,3-4,7,17H2,1-2H3. The molecule has 0 heterocycles.